The molecule has 0 N–H and O–H groups in total. The highest BCUT2D eigenvalue weighted by Crippen LogP contribution is 2.39. The van der Waals surface area contributed by atoms with Gasteiger partial charge in [-0.25, -0.2) is 0 Å². The Morgan fingerprint density at radius 3 is 1.50 bits per heavy atom. The number of hydrogen-bond acceptors (Lipinski definition) is 3. The van der Waals surface area contributed by atoms with Gasteiger partial charge >= 0.3 is 0 Å². The van der Waals surface area contributed by atoms with E-state index in [1.165, 1.54) is 5.39 Å². The van der Waals surface area contributed by atoms with Crippen LogP contribution in [-0.2, 0) is 0 Å². The third kappa shape index (κ3) is 4.53. The van der Waals surface area contributed by atoms with Gasteiger partial charge in [0.25, 0.3) is 0 Å². The SMILES string of the molecule is N#Cc1cccc(-c2cc(-c3ccc4c(c3)c3ccccc3n4-c3ccccc3)cc(-n3c4ccc(C#N)cc4c4cc(C#N)ccc43)c2)c1. The van der Waals surface area contributed by atoms with Gasteiger partial charge in [-0.3, -0.25) is 0 Å². The Labute approximate surface area is 287 Å². The molecule has 9 rings (SSSR count). The molecule has 0 fully saturated rings. The fraction of sp³-hybridized carbons (Fsp3) is 0. The lowest BCUT2D eigenvalue weighted by Crippen LogP contribution is -1.96. The van der Waals surface area contributed by atoms with Crippen LogP contribution in [0.3, 0.4) is 0 Å². The Bertz CT molecular complexity index is 2890. The van der Waals surface area contributed by atoms with Crippen LogP contribution in [0.15, 0.2) is 152 Å². The van der Waals surface area contributed by atoms with Crippen molar-refractivity contribution in [1.29, 1.82) is 15.8 Å². The molecule has 0 bridgehead atoms. The summed E-state index contributed by atoms with van der Waals surface area (Å²) in [6.45, 7) is 0. The molecule has 0 saturated carbocycles. The molecule has 50 heavy (non-hydrogen) atoms. The lowest BCUT2D eigenvalue weighted by molar-refractivity contribution is 1.18. The molecule has 0 aliphatic heterocycles. The van der Waals surface area contributed by atoms with E-state index in [9.17, 15) is 15.8 Å². The van der Waals surface area contributed by atoms with Crippen LogP contribution >= 0.6 is 0 Å². The van der Waals surface area contributed by atoms with E-state index in [-0.39, 0.29) is 0 Å². The molecule has 230 valence electrons. The van der Waals surface area contributed by atoms with Crippen molar-refractivity contribution in [3.63, 3.8) is 0 Å². The first kappa shape index (κ1) is 28.8. The molecule has 5 nitrogen and oxygen atoms in total. The van der Waals surface area contributed by atoms with Gasteiger partial charge < -0.3 is 9.13 Å². The summed E-state index contributed by atoms with van der Waals surface area (Å²) in [6, 6.07) is 58.1. The van der Waals surface area contributed by atoms with E-state index < -0.39 is 0 Å². The van der Waals surface area contributed by atoms with Crippen LogP contribution in [0, 0.1) is 34.0 Å². The average Bonchev–Trinajstić information content (AvgIpc) is 3.69. The molecule has 5 heteroatoms. The lowest BCUT2D eigenvalue weighted by atomic mass is 9.96. The first-order valence-electron chi connectivity index (χ1n) is 16.3. The smallest absolute Gasteiger partial charge is 0.0991 e. The summed E-state index contributed by atoms with van der Waals surface area (Å²) < 4.78 is 4.51. The number of nitrogens with zero attached hydrogens (tertiary/aromatic N) is 5. The maximum atomic E-state index is 9.74. The van der Waals surface area contributed by atoms with Crippen LogP contribution in [-0.4, -0.2) is 9.13 Å². The highest BCUT2D eigenvalue weighted by Gasteiger charge is 2.18. The average molecular weight is 636 g/mol. The Balaban J connectivity index is 1.33. The minimum atomic E-state index is 0.560. The van der Waals surface area contributed by atoms with Crippen LogP contribution in [0.5, 0.6) is 0 Å². The molecule has 9 aromatic rings. The van der Waals surface area contributed by atoms with Crippen molar-refractivity contribution in [2.24, 2.45) is 0 Å². The number of aromatic nitrogens is 2. The molecule has 2 aromatic heterocycles. The summed E-state index contributed by atoms with van der Waals surface area (Å²) in [6.07, 6.45) is 0. The normalized spacial score (nSPS) is 11.1. The van der Waals surface area contributed by atoms with E-state index >= 15 is 0 Å². The quantitative estimate of drug-likeness (QED) is 0.193. The molecular weight excluding hydrogens is 611 g/mol. The van der Waals surface area contributed by atoms with Crippen molar-refractivity contribution in [3.05, 3.63) is 168 Å². The predicted molar refractivity (Wildman–Crippen MR) is 200 cm³/mol. The number of para-hydroxylation sites is 2. The molecule has 0 aliphatic rings. The summed E-state index contributed by atoms with van der Waals surface area (Å²) in [5.74, 6) is 0. The third-order valence-electron chi connectivity index (χ3n) is 9.54. The van der Waals surface area contributed by atoms with E-state index in [1.807, 2.05) is 66.7 Å². The number of hydrogen-bond donors (Lipinski definition) is 0. The maximum absolute atomic E-state index is 9.74. The first-order valence-corrected chi connectivity index (χ1v) is 16.3. The minimum Gasteiger partial charge on any atom is -0.309 e. The van der Waals surface area contributed by atoms with Gasteiger partial charge in [0.05, 0.1) is 57.0 Å². The van der Waals surface area contributed by atoms with Crippen molar-refractivity contribution in [3.8, 4) is 51.8 Å². The highest BCUT2D eigenvalue weighted by atomic mass is 15.0. The molecule has 7 aromatic carbocycles. The van der Waals surface area contributed by atoms with Gasteiger partial charge in [0.15, 0.2) is 0 Å². The number of rotatable bonds is 4. The summed E-state index contributed by atoms with van der Waals surface area (Å²) in [5, 5.41) is 33.4. The van der Waals surface area contributed by atoms with E-state index in [0.29, 0.717) is 16.7 Å². The topological polar surface area (TPSA) is 81.2 Å². The van der Waals surface area contributed by atoms with Gasteiger partial charge in [0, 0.05) is 32.9 Å². The molecule has 0 atom stereocenters. The summed E-state index contributed by atoms with van der Waals surface area (Å²) >= 11 is 0. The van der Waals surface area contributed by atoms with Crippen molar-refractivity contribution in [1.82, 2.24) is 9.13 Å². The Morgan fingerprint density at radius 1 is 0.320 bits per heavy atom. The number of fused-ring (bicyclic) bond motifs is 6. The van der Waals surface area contributed by atoms with E-state index in [0.717, 1.165) is 71.9 Å². The Morgan fingerprint density at radius 2 is 0.840 bits per heavy atom. The summed E-state index contributed by atoms with van der Waals surface area (Å²) in [4.78, 5) is 0. The van der Waals surface area contributed by atoms with Crippen LogP contribution in [0.4, 0.5) is 0 Å². The molecule has 0 spiro atoms. The van der Waals surface area contributed by atoms with Gasteiger partial charge in [-0.2, -0.15) is 15.8 Å². The maximum Gasteiger partial charge on any atom is 0.0991 e. The Hall–Kier alpha value is -7.39. The van der Waals surface area contributed by atoms with Crippen LogP contribution < -0.4 is 0 Å². The zero-order chi connectivity index (χ0) is 33.8. The fourth-order valence-electron chi connectivity index (χ4n) is 7.29. The fourth-order valence-corrected chi connectivity index (χ4v) is 7.29. The van der Waals surface area contributed by atoms with Crippen LogP contribution in [0.1, 0.15) is 16.7 Å². The molecule has 0 aliphatic carbocycles. The molecular formula is C45H25N5. The van der Waals surface area contributed by atoms with E-state index in [4.69, 9.17) is 0 Å². The number of nitriles is 3. The van der Waals surface area contributed by atoms with Gasteiger partial charge in [-0.15, -0.1) is 0 Å². The van der Waals surface area contributed by atoms with Crippen molar-refractivity contribution in [2.75, 3.05) is 0 Å². The van der Waals surface area contributed by atoms with Gasteiger partial charge in [-0.05, 0) is 119 Å². The van der Waals surface area contributed by atoms with Crippen molar-refractivity contribution >= 4 is 43.6 Å². The standard InChI is InChI=1S/C45H25N5/c46-26-29-7-6-8-32(19-29)34-22-35(33-15-18-45-41(25-33)38-11-4-5-12-42(38)49(45)36-9-2-1-3-10-36)24-37(23-34)50-43-16-13-30(27-47)20-39(43)40-21-31(28-48)14-17-44(40)50/h1-25H. The van der Waals surface area contributed by atoms with E-state index in [1.54, 1.807) is 0 Å². The first-order chi connectivity index (χ1) is 24.6. The summed E-state index contributed by atoms with van der Waals surface area (Å²) in [7, 11) is 0. The highest BCUT2D eigenvalue weighted by molar-refractivity contribution is 6.11. The molecule has 0 amide bonds. The molecule has 2 heterocycles. The molecule has 0 unspecified atom stereocenters. The third-order valence-corrected chi connectivity index (χ3v) is 9.54. The van der Waals surface area contributed by atoms with Gasteiger partial charge in [0.1, 0.15) is 0 Å². The van der Waals surface area contributed by atoms with Crippen LogP contribution in [0.2, 0.25) is 0 Å². The van der Waals surface area contributed by atoms with Gasteiger partial charge in [0.2, 0.25) is 0 Å². The second kappa shape index (κ2) is 11.4. The largest absolute Gasteiger partial charge is 0.309 e. The van der Waals surface area contributed by atoms with Crippen molar-refractivity contribution < 1.29 is 0 Å². The minimum absolute atomic E-state index is 0.560. The molecule has 0 radical (unpaired) electrons. The second-order valence-electron chi connectivity index (χ2n) is 12.4. The second-order valence-corrected chi connectivity index (χ2v) is 12.4. The van der Waals surface area contributed by atoms with E-state index in [2.05, 4.69) is 112 Å². The summed E-state index contributed by atoms with van der Waals surface area (Å²) in [5.41, 5.74) is 11.9. The lowest BCUT2D eigenvalue weighted by Gasteiger charge is -2.14. The van der Waals surface area contributed by atoms with Crippen molar-refractivity contribution in [2.45, 2.75) is 0 Å². The van der Waals surface area contributed by atoms with Crippen LogP contribution in [0.25, 0.3) is 77.2 Å². The Kier molecular flexibility index (Phi) is 6.56. The zero-order valence-electron chi connectivity index (χ0n) is 26.7. The van der Waals surface area contributed by atoms with Gasteiger partial charge in [-0.1, -0.05) is 54.6 Å². The number of benzene rings is 7. The molecule has 0 saturated heterocycles. The predicted octanol–water partition coefficient (Wildman–Crippen LogP) is 10.8. The zero-order valence-corrected chi connectivity index (χ0v) is 26.7. The monoisotopic (exact) mass is 635 g/mol.